The number of hydrazone groups is 1. The van der Waals surface area contributed by atoms with Gasteiger partial charge in [0.1, 0.15) is 5.75 Å². The minimum Gasteiger partial charge on any atom is -0.496 e. The van der Waals surface area contributed by atoms with Crippen molar-refractivity contribution in [2.75, 3.05) is 18.4 Å². The molecule has 0 aliphatic heterocycles. The van der Waals surface area contributed by atoms with Crippen LogP contribution in [0.3, 0.4) is 0 Å². The van der Waals surface area contributed by atoms with Gasteiger partial charge in [-0.2, -0.15) is 5.10 Å². The lowest BCUT2D eigenvalue weighted by molar-refractivity contribution is 0.414. The molecule has 1 aromatic heterocycles. The van der Waals surface area contributed by atoms with Crippen LogP contribution in [0.25, 0.3) is 0 Å². The summed E-state index contributed by atoms with van der Waals surface area (Å²) in [7, 11) is 1.61. The molecule has 3 aromatic rings. The fourth-order valence-electron chi connectivity index (χ4n) is 2.16. The van der Waals surface area contributed by atoms with E-state index in [4.69, 9.17) is 33.8 Å². The van der Waals surface area contributed by atoms with Crippen molar-refractivity contribution in [1.29, 1.82) is 0 Å². The molecule has 0 aliphatic rings. The van der Waals surface area contributed by atoms with Crippen LogP contribution < -0.4 is 16.0 Å². The number of hydrogen-bond donors (Lipinski definition) is 2. The van der Waals surface area contributed by atoms with Gasteiger partial charge in [0.25, 0.3) is 5.95 Å². The molecular weight excluding hydrogens is 407 g/mol. The number of para-hydroxylation sites is 1. The van der Waals surface area contributed by atoms with Crippen LogP contribution in [-0.2, 0) is 5.75 Å². The lowest BCUT2D eigenvalue weighted by atomic mass is 10.2. The number of nitrogens with zero attached hydrogens (tertiary/aromatic N) is 4. The van der Waals surface area contributed by atoms with Crippen molar-refractivity contribution in [3.05, 3.63) is 63.6 Å². The van der Waals surface area contributed by atoms with Crippen molar-refractivity contribution >= 4 is 47.1 Å². The molecule has 3 N–H and O–H groups in total. The first-order valence-electron chi connectivity index (χ1n) is 7.78. The molecule has 0 fully saturated rings. The first kappa shape index (κ1) is 19.3. The van der Waals surface area contributed by atoms with Crippen LogP contribution in [0.4, 0.5) is 5.95 Å². The van der Waals surface area contributed by atoms with Gasteiger partial charge in [-0.25, -0.2) is 10.1 Å². The Balaban J connectivity index is 1.63. The molecule has 2 aromatic carbocycles. The van der Waals surface area contributed by atoms with Crippen molar-refractivity contribution in [2.24, 2.45) is 5.10 Å². The second-order valence-electron chi connectivity index (χ2n) is 5.33. The minimum absolute atomic E-state index is 0.317. The van der Waals surface area contributed by atoms with Crippen LogP contribution in [0.2, 0.25) is 10.0 Å². The third-order valence-electron chi connectivity index (χ3n) is 3.52. The highest BCUT2D eigenvalue weighted by atomic mass is 35.5. The molecular formula is C17H16Cl2N6OS. The van der Waals surface area contributed by atoms with Crippen molar-refractivity contribution in [2.45, 2.75) is 10.9 Å². The first-order valence-corrected chi connectivity index (χ1v) is 9.52. The second-order valence-corrected chi connectivity index (χ2v) is 7.08. The SMILES string of the molecule is COc1ccccc1/C=N/Nc1nnc(SCc2ccc(Cl)c(Cl)c2)n1N. The van der Waals surface area contributed by atoms with Crippen LogP contribution in [0.5, 0.6) is 5.75 Å². The fourth-order valence-corrected chi connectivity index (χ4v) is 3.28. The van der Waals surface area contributed by atoms with Gasteiger partial charge in [-0.1, -0.05) is 53.2 Å². The molecule has 0 aliphatic carbocycles. The van der Waals surface area contributed by atoms with E-state index >= 15 is 0 Å². The third-order valence-corrected chi connectivity index (χ3v) is 5.28. The first-order chi connectivity index (χ1) is 13.1. The van der Waals surface area contributed by atoms with Gasteiger partial charge < -0.3 is 10.6 Å². The van der Waals surface area contributed by atoms with E-state index in [1.165, 1.54) is 16.4 Å². The van der Waals surface area contributed by atoms with E-state index in [0.29, 0.717) is 26.9 Å². The molecule has 140 valence electrons. The summed E-state index contributed by atoms with van der Waals surface area (Å²) in [5.74, 6) is 7.68. The zero-order valence-electron chi connectivity index (χ0n) is 14.3. The average molecular weight is 423 g/mol. The number of nitrogens with one attached hydrogen (secondary N) is 1. The number of nitrogens with two attached hydrogens (primary N) is 1. The van der Waals surface area contributed by atoms with Crippen LogP contribution in [0.15, 0.2) is 52.7 Å². The topological polar surface area (TPSA) is 90.3 Å². The number of methoxy groups -OCH3 is 1. The third kappa shape index (κ3) is 4.85. The number of rotatable bonds is 7. The molecule has 0 saturated heterocycles. The van der Waals surface area contributed by atoms with E-state index < -0.39 is 0 Å². The summed E-state index contributed by atoms with van der Waals surface area (Å²) >= 11 is 13.4. The standard InChI is InChI=1S/C17H16Cl2N6OS/c1-26-15-5-3-2-4-12(15)9-21-22-16-23-24-17(25(16)20)27-10-11-6-7-13(18)14(19)8-11/h2-9H,10,20H2,1H3,(H,22,23)/b21-9+. The molecule has 0 bridgehead atoms. The van der Waals surface area contributed by atoms with Crippen molar-refractivity contribution in [3.8, 4) is 5.75 Å². The van der Waals surface area contributed by atoms with Gasteiger partial charge in [0.15, 0.2) is 0 Å². The lowest BCUT2D eigenvalue weighted by Gasteiger charge is -2.05. The van der Waals surface area contributed by atoms with Crippen LogP contribution >= 0.6 is 35.0 Å². The van der Waals surface area contributed by atoms with Gasteiger partial charge in [-0.15, -0.1) is 10.2 Å². The van der Waals surface area contributed by atoms with E-state index in [1.807, 2.05) is 36.4 Å². The number of aromatic nitrogens is 3. The Kier molecular flexibility index (Phi) is 6.44. The summed E-state index contributed by atoms with van der Waals surface area (Å²) in [6, 6.07) is 13.0. The molecule has 3 rings (SSSR count). The van der Waals surface area contributed by atoms with E-state index in [-0.39, 0.29) is 0 Å². The lowest BCUT2D eigenvalue weighted by Crippen LogP contribution is -2.13. The molecule has 0 spiro atoms. The van der Waals surface area contributed by atoms with Crippen molar-refractivity contribution in [1.82, 2.24) is 14.9 Å². The maximum atomic E-state index is 6.03. The number of thioether (sulfide) groups is 1. The number of nitrogen functional groups attached to an aromatic ring is 1. The largest absolute Gasteiger partial charge is 0.496 e. The van der Waals surface area contributed by atoms with Gasteiger partial charge in [0.2, 0.25) is 5.16 Å². The molecule has 0 amide bonds. The average Bonchev–Trinajstić information content (AvgIpc) is 3.03. The van der Waals surface area contributed by atoms with Crippen molar-refractivity contribution < 1.29 is 4.74 Å². The van der Waals surface area contributed by atoms with E-state index in [1.54, 1.807) is 19.4 Å². The molecule has 10 heteroatoms. The summed E-state index contributed by atoms with van der Waals surface area (Å²) in [6.07, 6.45) is 1.62. The quantitative estimate of drug-likeness (QED) is 0.258. The van der Waals surface area contributed by atoms with Gasteiger partial charge in [-0.3, -0.25) is 0 Å². The number of hydrogen-bond acceptors (Lipinski definition) is 7. The molecule has 0 atom stereocenters. The summed E-state index contributed by atoms with van der Waals surface area (Å²) in [5, 5.41) is 13.8. The second kappa shape index (κ2) is 8.98. The summed E-state index contributed by atoms with van der Waals surface area (Å²) in [4.78, 5) is 0. The zero-order chi connectivity index (χ0) is 19.2. The molecule has 0 unspecified atom stereocenters. The van der Waals surface area contributed by atoms with Gasteiger partial charge >= 0.3 is 0 Å². The number of benzene rings is 2. The normalized spacial score (nSPS) is 11.1. The van der Waals surface area contributed by atoms with Gasteiger partial charge in [0.05, 0.1) is 23.4 Å². The highest BCUT2D eigenvalue weighted by Gasteiger charge is 2.10. The Morgan fingerprint density at radius 2 is 2.04 bits per heavy atom. The maximum Gasteiger partial charge on any atom is 0.264 e. The molecule has 0 saturated carbocycles. The predicted octanol–water partition coefficient (Wildman–Crippen LogP) is 4.05. The Hall–Kier alpha value is -2.42. The van der Waals surface area contributed by atoms with Gasteiger partial charge in [-0.05, 0) is 29.8 Å². The van der Waals surface area contributed by atoms with Crippen LogP contribution in [0, 0.1) is 0 Å². The molecule has 27 heavy (non-hydrogen) atoms. The Morgan fingerprint density at radius 1 is 1.22 bits per heavy atom. The van der Waals surface area contributed by atoms with Gasteiger partial charge in [0, 0.05) is 11.3 Å². The number of halogens is 2. The highest BCUT2D eigenvalue weighted by molar-refractivity contribution is 7.98. The fraction of sp³-hybridized carbons (Fsp3) is 0.118. The molecule has 7 nitrogen and oxygen atoms in total. The number of anilines is 1. The summed E-state index contributed by atoms with van der Waals surface area (Å²) in [5.41, 5.74) is 4.60. The maximum absolute atomic E-state index is 6.03. The van der Waals surface area contributed by atoms with Crippen LogP contribution in [0.1, 0.15) is 11.1 Å². The van der Waals surface area contributed by atoms with Crippen LogP contribution in [-0.4, -0.2) is 28.2 Å². The monoisotopic (exact) mass is 422 g/mol. The minimum atomic E-state index is 0.317. The Bertz CT molecular complexity index is 962. The summed E-state index contributed by atoms with van der Waals surface area (Å²) < 4.78 is 6.60. The molecule has 0 radical (unpaired) electrons. The summed E-state index contributed by atoms with van der Waals surface area (Å²) in [6.45, 7) is 0. The molecule has 1 heterocycles. The zero-order valence-corrected chi connectivity index (χ0v) is 16.6. The Morgan fingerprint density at radius 3 is 2.81 bits per heavy atom. The smallest absolute Gasteiger partial charge is 0.264 e. The van der Waals surface area contributed by atoms with Crippen molar-refractivity contribution in [3.63, 3.8) is 0 Å². The van der Waals surface area contributed by atoms with E-state index in [2.05, 4.69) is 20.7 Å². The van der Waals surface area contributed by atoms with E-state index in [9.17, 15) is 0 Å². The predicted molar refractivity (Wildman–Crippen MR) is 110 cm³/mol. The number of ether oxygens (including phenoxy) is 1. The highest BCUT2D eigenvalue weighted by Crippen LogP contribution is 2.27. The Labute approximate surface area is 170 Å². The van der Waals surface area contributed by atoms with E-state index in [0.717, 1.165) is 16.9 Å².